The van der Waals surface area contributed by atoms with Gasteiger partial charge in [-0.3, -0.25) is 9.59 Å². The second kappa shape index (κ2) is 7.06. The highest BCUT2D eigenvalue weighted by molar-refractivity contribution is 6.04. The Kier molecular flexibility index (Phi) is 4.89. The fourth-order valence-corrected chi connectivity index (χ4v) is 1.78. The zero-order chi connectivity index (χ0) is 15.1. The van der Waals surface area contributed by atoms with Gasteiger partial charge in [0.05, 0.1) is 12.1 Å². The van der Waals surface area contributed by atoms with Crippen LogP contribution in [0.5, 0.6) is 0 Å². The normalized spacial score (nSPS) is 9.38. The van der Waals surface area contributed by atoms with Gasteiger partial charge in [0.1, 0.15) is 5.78 Å². The van der Waals surface area contributed by atoms with Crippen molar-refractivity contribution in [2.45, 2.75) is 13.3 Å². The smallest absolute Gasteiger partial charge is 0.231 e. The van der Waals surface area contributed by atoms with E-state index in [4.69, 9.17) is 0 Å². The summed E-state index contributed by atoms with van der Waals surface area (Å²) in [6.07, 6.45) is -0.125. The first kappa shape index (κ1) is 14.5. The molecule has 3 heteroatoms. The molecule has 0 saturated carbocycles. The van der Waals surface area contributed by atoms with Gasteiger partial charge in [0, 0.05) is 11.1 Å². The molecule has 0 aliphatic heterocycles. The van der Waals surface area contributed by atoms with Gasteiger partial charge in [0.2, 0.25) is 5.91 Å². The number of carbonyl (C=O) groups excluding carboxylic acids is 2. The molecule has 0 spiro atoms. The predicted molar refractivity (Wildman–Crippen MR) is 82.8 cm³/mol. The van der Waals surface area contributed by atoms with E-state index in [1.54, 1.807) is 6.07 Å². The van der Waals surface area contributed by atoms with E-state index >= 15 is 0 Å². The molecule has 104 valence electrons. The number of carbonyl (C=O) groups is 2. The molecule has 0 heterocycles. The summed E-state index contributed by atoms with van der Waals surface area (Å²) >= 11 is 0. The minimum atomic E-state index is -0.323. The van der Waals surface area contributed by atoms with E-state index < -0.39 is 0 Å². The second-order valence-electron chi connectivity index (χ2n) is 4.59. The van der Waals surface area contributed by atoms with Gasteiger partial charge >= 0.3 is 0 Å². The van der Waals surface area contributed by atoms with Crippen molar-refractivity contribution in [1.29, 1.82) is 0 Å². The molecule has 2 aromatic rings. The van der Waals surface area contributed by atoms with Crippen molar-refractivity contribution in [2.24, 2.45) is 0 Å². The van der Waals surface area contributed by atoms with Gasteiger partial charge in [-0.2, -0.15) is 0 Å². The van der Waals surface area contributed by atoms with Crippen molar-refractivity contribution < 1.29 is 9.59 Å². The summed E-state index contributed by atoms with van der Waals surface area (Å²) in [6.45, 7) is 1.39. The third-order valence-corrected chi connectivity index (χ3v) is 2.73. The first-order valence-corrected chi connectivity index (χ1v) is 6.60. The van der Waals surface area contributed by atoms with Gasteiger partial charge in [-0.15, -0.1) is 0 Å². The van der Waals surface area contributed by atoms with Crippen molar-refractivity contribution in [1.82, 2.24) is 0 Å². The monoisotopic (exact) mass is 277 g/mol. The molecule has 2 rings (SSSR count). The van der Waals surface area contributed by atoms with Crippen molar-refractivity contribution >= 4 is 17.4 Å². The van der Waals surface area contributed by atoms with Gasteiger partial charge in [0.15, 0.2) is 0 Å². The third kappa shape index (κ3) is 4.63. The molecule has 0 bridgehead atoms. The molecule has 0 aliphatic rings. The van der Waals surface area contributed by atoms with E-state index in [1.807, 2.05) is 48.5 Å². The van der Waals surface area contributed by atoms with E-state index in [0.717, 1.165) is 11.1 Å². The Morgan fingerprint density at radius 2 is 1.62 bits per heavy atom. The van der Waals surface area contributed by atoms with Crippen molar-refractivity contribution in [3.8, 4) is 11.8 Å². The molecule has 0 unspecified atom stereocenters. The van der Waals surface area contributed by atoms with Gasteiger partial charge < -0.3 is 5.32 Å². The number of Topliss-reactive ketones (excluding diaryl/α,β-unsaturated/α-hetero) is 1. The topological polar surface area (TPSA) is 46.2 Å². The zero-order valence-electron chi connectivity index (χ0n) is 11.7. The van der Waals surface area contributed by atoms with Crippen LogP contribution in [0.3, 0.4) is 0 Å². The van der Waals surface area contributed by atoms with Crippen molar-refractivity contribution in [3.63, 3.8) is 0 Å². The molecule has 0 aliphatic carbocycles. The number of amides is 1. The van der Waals surface area contributed by atoms with Crippen LogP contribution in [-0.4, -0.2) is 11.7 Å². The average Bonchev–Trinajstić information content (AvgIpc) is 2.46. The summed E-state index contributed by atoms with van der Waals surface area (Å²) in [6, 6.07) is 16.9. The lowest BCUT2D eigenvalue weighted by atomic mass is 10.1. The lowest BCUT2D eigenvalue weighted by Crippen LogP contribution is -2.15. The first-order chi connectivity index (χ1) is 10.1. The van der Waals surface area contributed by atoms with Gasteiger partial charge in [-0.25, -0.2) is 0 Å². The quantitative estimate of drug-likeness (QED) is 0.692. The number of benzene rings is 2. The number of rotatable bonds is 3. The molecule has 0 radical (unpaired) electrons. The van der Waals surface area contributed by atoms with Gasteiger partial charge in [-0.1, -0.05) is 42.2 Å². The Labute approximate surface area is 124 Å². The van der Waals surface area contributed by atoms with Crippen LogP contribution in [0.2, 0.25) is 0 Å². The van der Waals surface area contributed by atoms with Crippen LogP contribution in [0.25, 0.3) is 0 Å². The number of hydrogen-bond acceptors (Lipinski definition) is 2. The largest absolute Gasteiger partial charge is 0.325 e. The Hall–Kier alpha value is -2.86. The number of nitrogens with one attached hydrogen (secondary N) is 1. The highest BCUT2D eigenvalue weighted by Crippen LogP contribution is 2.14. The van der Waals surface area contributed by atoms with E-state index in [9.17, 15) is 9.59 Å². The molecule has 1 amide bonds. The van der Waals surface area contributed by atoms with Crippen molar-refractivity contribution in [2.75, 3.05) is 5.32 Å². The number of para-hydroxylation sites is 1. The number of ketones is 1. The van der Waals surface area contributed by atoms with Gasteiger partial charge in [-0.05, 0) is 31.2 Å². The van der Waals surface area contributed by atoms with Crippen LogP contribution < -0.4 is 5.32 Å². The molecule has 3 nitrogen and oxygen atoms in total. The Balaban J connectivity index is 2.20. The van der Waals surface area contributed by atoms with E-state index in [2.05, 4.69) is 17.2 Å². The minimum absolute atomic E-state index is 0.125. The Morgan fingerprint density at radius 1 is 0.952 bits per heavy atom. The molecule has 0 saturated heterocycles. The van der Waals surface area contributed by atoms with Crippen LogP contribution in [0.1, 0.15) is 24.5 Å². The van der Waals surface area contributed by atoms with Crippen LogP contribution in [0.15, 0.2) is 54.6 Å². The summed E-state index contributed by atoms with van der Waals surface area (Å²) in [5, 5.41) is 2.72. The number of anilines is 1. The molecule has 2 aromatic carbocycles. The highest BCUT2D eigenvalue weighted by atomic mass is 16.2. The molecule has 0 fully saturated rings. The predicted octanol–water partition coefficient (Wildman–Crippen LogP) is 3.00. The number of hydrogen-bond donors (Lipinski definition) is 1. The van der Waals surface area contributed by atoms with E-state index in [0.29, 0.717) is 5.69 Å². The lowest BCUT2D eigenvalue weighted by molar-refractivity contribution is -0.124. The Morgan fingerprint density at radius 3 is 2.33 bits per heavy atom. The average molecular weight is 277 g/mol. The van der Waals surface area contributed by atoms with E-state index in [-0.39, 0.29) is 18.1 Å². The summed E-state index contributed by atoms with van der Waals surface area (Å²) < 4.78 is 0. The second-order valence-corrected chi connectivity index (χ2v) is 4.59. The maximum absolute atomic E-state index is 11.7. The van der Waals surface area contributed by atoms with Crippen LogP contribution in [-0.2, 0) is 9.59 Å². The first-order valence-electron chi connectivity index (χ1n) is 6.60. The molecule has 0 atom stereocenters. The summed E-state index contributed by atoms with van der Waals surface area (Å²) in [5.41, 5.74) is 2.24. The molecule has 1 N–H and O–H groups in total. The SMILES string of the molecule is CC(=O)CC(=O)Nc1ccccc1C#Cc1ccccc1. The standard InChI is InChI=1S/C18H15NO2/c1-14(20)13-18(21)19-17-10-6-5-9-16(17)12-11-15-7-3-2-4-8-15/h2-10H,13H2,1H3,(H,19,21). The molecule has 0 aromatic heterocycles. The fraction of sp³-hybridized carbons (Fsp3) is 0.111. The molecular formula is C18H15NO2. The minimum Gasteiger partial charge on any atom is -0.325 e. The third-order valence-electron chi connectivity index (χ3n) is 2.73. The maximum Gasteiger partial charge on any atom is 0.231 e. The lowest BCUT2D eigenvalue weighted by Gasteiger charge is -2.06. The highest BCUT2D eigenvalue weighted by Gasteiger charge is 2.07. The van der Waals surface area contributed by atoms with Crippen molar-refractivity contribution in [3.05, 3.63) is 65.7 Å². The zero-order valence-corrected chi connectivity index (χ0v) is 11.7. The molecule has 21 heavy (non-hydrogen) atoms. The Bertz CT molecular complexity index is 709. The fourth-order valence-electron chi connectivity index (χ4n) is 1.78. The van der Waals surface area contributed by atoms with Crippen LogP contribution >= 0.6 is 0 Å². The summed E-state index contributed by atoms with van der Waals surface area (Å²) in [4.78, 5) is 22.6. The van der Waals surface area contributed by atoms with Gasteiger partial charge in [0.25, 0.3) is 0 Å². The maximum atomic E-state index is 11.7. The van der Waals surface area contributed by atoms with E-state index in [1.165, 1.54) is 6.92 Å². The van der Waals surface area contributed by atoms with Crippen LogP contribution in [0, 0.1) is 11.8 Å². The summed E-state index contributed by atoms with van der Waals surface area (Å²) in [5.74, 6) is 5.60. The molecular weight excluding hydrogens is 262 g/mol. The van der Waals surface area contributed by atoms with Crippen LogP contribution in [0.4, 0.5) is 5.69 Å². The summed E-state index contributed by atoms with van der Waals surface area (Å²) in [7, 11) is 0.